The second-order valence-electron chi connectivity index (χ2n) is 4.63. The molecular formula is C15H16N4O2. The smallest absolute Gasteiger partial charge is 0.259 e. The second-order valence-corrected chi connectivity index (χ2v) is 4.63. The third kappa shape index (κ3) is 3.85. The molecule has 6 nitrogen and oxygen atoms in total. The average molecular weight is 284 g/mol. The highest BCUT2D eigenvalue weighted by atomic mass is 16.2. The number of anilines is 2. The van der Waals surface area contributed by atoms with Crippen LogP contribution in [0.1, 0.15) is 28.8 Å². The Balaban J connectivity index is 2.17. The first-order chi connectivity index (χ1) is 9.95. The number of aromatic nitrogens is 2. The number of hydrogen-bond donors (Lipinski definition) is 2. The van der Waals surface area contributed by atoms with Crippen molar-refractivity contribution in [3.8, 4) is 0 Å². The molecule has 0 spiro atoms. The molecule has 0 unspecified atom stereocenters. The van der Waals surface area contributed by atoms with E-state index in [0.717, 1.165) is 0 Å². The van der Waals surface area contributed by atoms with Gasteiger partial charge in [0.05, 0.1) is 11.3 Å². The lowest BCUT2D eigenvalue weighted by Crippen LogP contribution is -2.15. The van der Waals surface area contributed by atoms with E-state index in [-0.39, 0.29) is 11.8 Å². The van der Waals surface area contributed by atoms with Crippen molar-refractivity contribution in [2.24, 2.45) is 0 Å². The Bertz CT molecular complexity index is 698. The third-order valence-corrected chi connectivity index (χ3v) is 2.79. The molecule has 2 amide bonds. The molecule has 6 heteroatoms. The first-order valence-electron chi connectivity index (χ1n) is 6.45. The highest BCUT2D eigenvalue weighted by Crippen LogP contribution is 2.16. The van der Waals surface area contributed by atoms with E-state index < -0.39 is 0 Å². The molecule has 1 heterocycles. The molecule has 0 aliphatic heterocycles. The first kappa shape index (κ1) is 14.6. The molecule has 0 atom stereocenters. The Morgan fingerprint density at radius 1 is 1.10 bits per heavy atom. The van der Waals surface area contributed by atoms with Crippen molar-refractivity contribution in [3.05, 3.63) is 47.5 Å². The largest absolute Gasteiger partial charge is 0.326 e. The van der Waals surface area contributed by atoms with Gasteiger partial charge >= 0.3 is 0 Å². The van der Waals surface area contributed by atoms with Crippen LogP contribution in [0.4, 0.5) is 11.4 Å². The minimum atomic E-state index is -0.285. The molecule has 0 saturated heterocycles. The van der Waals surface area contributed by atoms with Crippen molar-refractivity contribution in [3.63, 3.8) is 0 Å². The molecule has 0 radical (unpaired) electrons. The fourth-order valence-corrected chi connectivity index (χ4v) is 1.88. The Kier molecular flexibility index (Phi) is 4.27. The molecule has 0 bridgehead atoms. The van der Waals surface area contributed by atoms with E-state index in [1.807, 2.05) is 0 Å². The minimum absolute atomic E-state index is 0.166. The molecule has 21 heavy (non-hydrogen) atoms. The summed E-state index contributed by atoms with van der Waals surface area (Å²) >= 11 is 0. The number of nitrogens with one attached hydrogen (secondary N) is 2. The lowest BCUT2D eigenvalue weighted by Gasteiger charge is -2.09. The lowest BCUT2D eigenvalue weighted by molar-refractivity contribution is -0.114. The van der Waals surface area contributed by atoms with Crippen LogP contribution in [0.25, 0.3) is 0 Å². The summed E-state index contributed by atoms with van der Waals surface area (Å²) in [4.78, 5) is 31.4. The van der Waals surface area contributed by atoms with Crippen molar-refractivity contribution >= 4 is 23.2 Å². The van der Waals surface area contributed by atoms with Crippen LogP contribution in [0.15, 0.2) is 30.5 Å². The quantitative estimate of drug-likeness (QED) is 0.905. The van der Waals surface area contributed by atoms with E-state index in [0.29, 0.717) is 28.5 Å². The second kappa shape index (κ2) is 6.13. The number of carbonyl (C=O) groups is 2. The number of rotatable bonds is 3. The van der Waals surface area contributed by atoms with Crippen molar-refractivity contribution in [1.29, 1.82) is 0 Å². The summed E-state index contributed by atoms with van der Waals surface area (Å²) in [6.45, 7) is 4.96. The summed E-state index contributed by atoms with van der Waals surface area (Å²) in [5, 5.41) is 5.42. The molecule has 1 aromatic carbocycles. The van der Waals surface area contributed by atoms with Crippen LogP contribution in [0.2, 0.25) is 0 Å². The zero-order valence-corrected chi connectivity index (χ0v) is 12.1. The van der Waals surface area contributed by atoms with Gasteiger partial charge in [-0.05, 0) is 32.0 Å². The van der Waals surface area contributed by atoms with Crippen molar-refractivity contribution in [2.45, 2.75) is 20.8 Å². The maximum absolute atomic E-state index is 12.2. The molecule has 2 rings (SSSR count). The van der Waals surface area contributed by atoms with Gasteiger partial charge in [-0.2, -0.15) is 0 Å². The topological polar surface area (TPSA) is 84.0 Å². The van der Waals surface area contributed by atoms with E-state index in [4.69, 9.17) is 0 Å². The minimum Gasteiger partial charge on any atom is -0.326 e. The SMILES string of the molecule is CC(=O)Nc1cccc(NC(=O)c2cnc(C)nc2C)c1. The zero-order chi connectivity index (χ0) is 15.4. The summed E-state index contributed by atoms with van der Waals surface area (Å²) in [5.74, 6) is 0.172. The van der Waals surface area contributed by atoms with Gasteiger partial charge in [0.15, 0.2) is 0 Å². The number of hydrogen-bond acceptors (Lipinski definition) is 4. The Morgan fingerprint density at radius 2 is 1.76 bits per heavy atom. The van der Waals surface area contributed by atoms with Crippen molar-refractivity contribution in [1.82, 2.24) is 9.97 Å². The Morgan fingerprint density at radius 3 is 2.38 bits per heavy atom. The number of aryl methyl sites for hydroxylation is 2. The third-order valence-electron chi connectivity index (χ3n) is 2.79. The predicted molar refractivity (Wildman–Crippen MR) is 80.2 cm³/mol. The summed E-state index contributed by atoms with van der Waals surface area (Å²) < 4.78 is 0. The fraction of sp³-hybridized carbons (Fsp3) is 0.200. The monoisotopic (exact) mass is 284 g/mol. The molecular weight excluding hydrogens is 268 g/mol. The van der Waals surface area contributed by atoms with Crippen molar-refractivity contribution in [2.75, 3.05) is 10.6 Å². The van der Waals surface area contributed by atoms with Crippen LogP contribution in [-0.2, 0) is 4.79 Å². The number of benzene rings is 1. The molecule has 2 aromatic rings. The van der Waals surface area contributed by atoms with Gasteiger partial charge in [0.1, 0.15) is 5.82 Å². The van der Waals surface area contributed by atoms with Gasteiger partial charge in [0, 0.05) is 24.5 Å². The van der Waals surface area contributed by atoms with E-state index in [2.05, 4.69) is 20.6 Å². The molecule has 1 aromatic heterocycles. The Labute approximate surface area is 122 Å². The van der Waals surface area contributed by atoms with Crippen LogP contribution < -0.4 is 10.6 Å². The van der Waals surface area contributed by atoms with Crippen molar-refractivity contribution < 1.29 is 9.59 Å². The van der Waals surface area contributed by atoms with Gasteiger partial charge < -0.3 is 10.6 Å². The predicted octanol–water partition coefficient (Wildman–Crippen LogP) is 2.30. The molecule has 0 aliphatic rings. The van der Waals surface area contributed by atoms with E-state index in [1.54, 1.807) is 38.1 Å². The molecule has 2 N–H and O–H groups in total. The molecule has 0 saturated carbocycles. The average Bonchev–Trinajstić information content (AvgIpc) is 2.37. The van der Waals surface area contributed by atoms with E-state index in [1.165, 1.54) is 13.1 Å². The molecule has 0 aliphatic carbocycles. The highest BCUT2D eigenvalue weighted by molar-refractivity contribution is 6.05. The van der Waals surface area contributed by atoms with E-state index >= 15 is 0 Å². The fourth-order valence-electron chi connectivity index (χ4n) is 1.88. The van der Waals surface area contributed by atoms with Gasteiger partial charge in [-0.15, -0.1) is 0 Å². The number of nitrogens with zero attached hydrogens (tertiary/aromatic N) is 2. The highest BCUT2D eigenvalue weighted by Gasteiger charge is 2.11. The van der Waals surface area contributed by atoms with Crippen LogP contribution in [0.3, 0.4) is 0 Å². The van der Waals surface area contributed by atoms with Gasteiger partial charge in [-0.3, -0.25) is 9.59 Å². The lowest BCUT2D eigenvalue weighted by atomic mass is 10.2. The number of carbonyl (C=O) groups excluding carboxylic acids is 2. The molecule has 0 fully saturated rings. The summed E-state index contributed by atoms with van der Waals surface area (Å²) in [7, 11) is 0. The van der Waals surface area contributed by atoms with Crippen LogP contribution in [-0.4, -0.2) is 21.8 Å². The van der Waals surface area contributed by atoms with E-state index in [9.17, 15) is 9.59 Å². The summed E-state index contributed by atoms with van der Waals surface area (Å²) in [5.41, 5.74) is 2.26. The van der Waals surface area contributed by atoms with Crippen LogP contribution >= 0.6 is 0 Å². The van der Waals surface area contributed by atoms with Gasteiger partial charge in [0.25, 0.3) is 5.91 Å². The van der Waals surface area contributed by atoms with Gasteiger partial charge in [-0.1, -0.05) is 6.07 Å². The first-order valence-corrected chi connectivity index (χ1v) is 6.45. The normalized spacial score (nSPS) is 10.0. The summed E-state index contributed by atoms with van der Waals surface area (Å²) in [6.07, 6.45) is 1.50. The standard InChI is InChI=1S/C15H16N4O2/c1-9-14(8-16-10(2)17-9)15(21)19-13-6-4-5-12(7-13)18-11(3)20/h4-8H,1-3H3,(H,18,20)(H,19,21). The van der Waals surface area contributed by atoms with Gasteiger partial charge in [0.2, 0.25) is 5.91 Å². The zero-order valence-electron chi connectivity index (χ0n) is 12.1. The van der Waals surface area contributed by atoms with Crippen LogP contribution in [0.5, 0.6) is 0 Å². The maximum atomic E-state index is 12.2. The summed E-state index contributed by atoms with van der Waals surface area (Å²) in [6, 6.07) is 6.92. The maximum Gasteiger partial charge on any atom is 0.259 e. The van der Waals surface area contributed by atoms with Crippen LogP contribution in [0, 0.1) is 13.8 Å². The van der Waals surface area contributed by atoms with Gasteiger partial charge in [-0.25, -0.2) is 9.97 Å². The molecule has 108 valence electrons. The Hall–Kier alpha value is -2.76. The number of amides is 2.